The summed E-state index contributed by atoms with van der Waals surface area (Å²) in [5.74, 6) is -1.04. The fourth-order valence-electron chi connectivity index (χ4n) is 1.44. The summed E-state index contributed by atoms with van der Waals surface area (Å²) in [6.07, 6.45) is 1.33. The van der Waals surface area contributed by atoms with Crippen LogP contribution in [0.2, 0.25) is 0 Å². The van der Waals surface area contributed by atoms with Gasteiger partial charge in [0.1, 0.15) is 5.56 Å². The van der Waals surface area contributed by atoms with Crippen molar-refractivity contribution in [3.63, 3.8) is 0 Å². The zero-order valence-electron chi connectivity index (χ0n) is 10.4. The quantitative estimate of drug-likeness (QED) is 0.784. The molecule has 2 N–H and O–H groups in total. The molecule has 0 bridgehead atoms. The molecule has 1 aromatic rings. The van der Waals surface area contributed by atoms with Crippen molar-refractivity contribution in [2.45, 2.75) is 20.3 Å². The summed E-state index contributed by atoms with van der Waals surface area (Å²) in [7, 11) is 0. The maximum atomic E-state index is 11.7. The number of anilines is 1. The molecule has 0 aliphatic rings. The van der Waals surface area contributed by atoms with Gasteiger partial charge in [0.2, 0.25) is 0 Å². The molecule has 0 saturated heterocycles. The summed E-state index contributed by atoms with van der Waals surface area (Å²) in [6, 6.07) is 1.49. The van der Waals surface area contributed by atoms with Gasteiger partial charge >= 0.3 is 11.9 Å². The Morgan fingerprint density at radius 2 is 1.94 bits per heavy atom. The van der Waals surface area contributed by atoms with Gasteiger partial charge in [0.25, 0.3) is 0 Å². The van der Waals surface area contributed by atoms with Crippen molar-refractivity contribution in [2.24, 2.45) is 0 Å². The lowest BCUT2D eigenvalue weighted by Gasteiger charge is -2.09. The Morgan fingerprint density at radius 3 is 2.56 bits per heavy atom. The Balaban J connectivity index is 3.00. The van der Waals surface area contributed by atoms with Gasteiger partial charge in [0.15, 0.2) is 0 Å². The number of nitrogens with two attached hydrogens (primary N) is 1. The summed E-state index contributed by atoms with van der Waals surface area (Å²) in [5, 5.41) is 0. The average molecular weight is 252 g/mol. The average Bonchev–Trinajstić information content (AvgIpc) is 2.29. The third kappa shape index (κ3) is 3.44. The number of nitrogen functional groups attached to an aromatic ring is 1. The summed E-state index contributed by atoms with van der Waals surface area (Å²) < 4.78 is 9.69. The number of rotatable bonds is 5. The van der Waals surface area contributed by atoms with E-state index in [0.29, 0.717) is 0 Å². The molecule has 98 valence electrons. The van der Waals surface area contributed by atoms with Crippen LogP contribution in [0.5, 0.6) is 0 Å². The van der Waals surface area contributed by atoms with Gasteiger partial charge < -0.3 is 15.2 Å². The molecule has 18 heavy (non-hydrogen) atoms. The highest BCUT2D eigenvalue weighted by molar-refractivity contribution is 5.97. The van der Waals surface area contributed by atoms with E-state index < -0.39 is 11.9 Å². The van der Waals surface area contributed by atoms with Crippen molar-refractivity contribution in [3.8, 4) is 0 Å². The topological polar surface area (TPSA) is 91.5 Å². The predicted octanol–water partition coefficient (Wildman–Crippen LogP) is 0.946. The first-order valence-electron chi connectivity index (χ1n) is 5.66. The minimum absolute atomic E-state index is 0.104. The minimum atomic E-state index is -0.581. The summed E-state index contributed by atoms with van der Waals surface area (Å²) >= 11 is 0. The Bertz CT molecular complexity index is 446. The van der Waals surface area contributed by atoms with Crippen molar-refractivity contribution in [1.82, 2.24) is 4.98 Å². The number of carbonyl (C=O) groups excluding carboxylic acids is 2. The van der Waals surface area contributed by atoms with Crippen LogP contribution in [0.25, 0.3) is 0 Å². The fourth-order valence-corrected chi connectivity index (χ4v) is 1.44. The fraction of sp³-hybridized carbons (Fsp3) is 0.417. The summed E-state index contributed by atoms with van der Waals surface area (Å²) in [4.78, 5) is 27.1. The Kier molecular flexibility index (Phi) is 5.10. The van der Waals surface area contributed by atoms with Crippen molar-refractivity contribution < 1.29 is 19.1 Å². The molecule has 0 radical (unpaired) electrons. The number of nitrogens with zero attached hydrogens (tertiary/aromatic N) is 1. The first kappa shape index (κ1) is 14.0. The van der Waals surface area contributed by atoms with Crippen LogP contribution in [0, 0.1) is 0 Å². The maximum absolute atomic E-state index is 11.7. The smallest absolute Gasteiger partial charge is 0.342 e. The number of ether oxygens (including phenoxy) is 2. The molecule has 0 unspecified atom stereocenters. The van der Waals surface area contributed by atoms with Gasteiger partial charge in [0.05, 0.1) is 25.3 Å². The molecular formula is C12H16N2O4. The summed E-state index contributed by atoms with van der Waals surface area (Å²) in [5.41, 5.74) is 6.35. The molecule has 1 aromatic heterocycles. The lowest BCUT2D eigenvalue weighted by Crippen LogP contribution is -2.16. The third-order valence-corrected chi connectivity index (χ3v) is 2.16. The predicted molar refractivity (Wildman–Crippen MR) is 64.9 cm³/mol. The third-order valence-electron chi connectivity index (χ3n) is 2.16. The molecule has 0 aliphatic carbocycles. The van der Waals surface area contributed by atoms with Crippen molar-refractivity contribution in [3.05, 3.63) is 23.5 Å². The molecule has 1 rings (SSSR count). The highest BCUT2D eigenvalue weighted by Gasteiger charge is 2.19. The van der Waals surface area contributed by atoms with E-state index in [2.05, 4.69) is 4.98 Å². The monoisotopic (exact) mass is 252 g/mol. The Morgan fingerprint density at radius 1 is 1.28 bits per heavy atom. The van der Waals surface area contributed by atoms with E-state index in [1.165, 1.54) is 12.3 Å². The van der Waals surface area contributed by atoms with Crippen LogP contribution in [-0.4, -0.2) is 30.1 Å². The van der Waals surface area contributed by atoms with E-state index in [9.17, 15) is 9.59 Å². The normalized spacial score (nSPS) is 9.89. The van der Waals surface area contributed by atoms with Crippen LogP contribution in [0.1, 0.15) is 29.9 Å². The molecule has 0 aliphatic heterocycles. The maximum Gasteiger partial charge on any atom is 0.342 e. The second kappa shape index (κ2) is 6.58. The lowest BCUT2D eigenvalue weighted by molar-refractivity contribution is -0.142. The van der Waals surface area contributed by atoms with Gasteiger partial charge in [0, 0.05) is 11.9 Å². The molecular weight excluding hydrogens is 236 g/mol. The first-order chi connectivity index (χ1) is 8.60. The number of esters is 2. The number of hydrogen-bond donors (Lipinski definition) is 1. The molecule has 0 saturated carbocycles. The van der Waals surface area contributed by atoms with Gasteiger partial charge in [-0.15, -0.1) is 0 Å². The molecule has 0 aromatic carbocycles. The number of hydrogen-bond acceptors (Lipinski definition) is 6. The van der Waals surface area contributed by atoms with Gasteiger partial charge in [-0.25, -0.2) is 4.79 Å². The molecule has 6 nitrogen and oxygen atoms in total. The highest BCUT2D eigenvalue weighted by Crippen LogP contribution is 2.17. The molecule has 6 heteroatoms. The van der Waals surface area contributed by atoms with Crippen molar-refractivity contribution in [1.29, 1.82) is 0 Å². The largest absolute Gasteiger partial charge is 0.466 e. The summed E-state index contributed by atoms with van der Waals surface area (Å²) in [6.45, 7) is 3.90. The van der Waals surface area contributed by atoms with Crippen LogP contribution < -0.4 is 5.73 Å². The second-order valence-corrected chi connectivity index (χ2v) is 3.42. The van der Waals surface area contributed by atoms with Gasteiger partial charge in [-0.05, 0) is 19.9 Å². The van der Waals surface area contributed by atoms with Gasteiger partial charge in [-0.3, -0.25) is 9.78 Å². The van der Waals surface area contributed by atoms with Crippen LogP contribution >= 0.6 is 0 Å². The first-order valence-corrected chi connectivity index (χ1v) is 5.66. The van der Waals surface area contributed by atoms with Gasteiger partial charge in [-0.1, -0.05) is 0 Å². The van der Waals surface area contributed by atoms with E-state index >= 15 is 0 Å². The van der Waals surface area contributed by atoms with Gasteiger partial charge in [-0.2, -0.15) is 0 Å². The molecule has 0 amide bonds. The SMILES string of the molecule is CCOC(=O)Cc1nccc(N)c1C(=O)OCC. The van der Waals surface area contributed by atoms with Crippen molar-refractivity contribution >= 4 is 17.6 Å². The number of aromatic nitrogens is 1. The zero-order chi connectivity index (χ0) is 13.5. The molecule has 0 atom stereocenters. The Hall–Kier alpha value is -2.11. The van der Waals surface area contributed by atoms with E-state index in [0.717, 1.165) is 0 Å². The highest BCUT2D eigenvalue weighted by atomic mass is 16.5. The molecule has 0 fully saturated rings. The van der Waals surface area contributed by atoms with E-state index in [4.69, 9.17) is 15.2 Å². The zero-order valence-corrected chi connectivity index (χ0v) is 10.4. The van der Waals surface area contributed by atoms with E-state index in [1.807, 2.05) is 0 Å². The van der Waals surface area contributed by atoms with Crippen LogP contribution in [0.4, 0.5) is 5.69 Å². The number of carbonyl (C=O) groups is 2. The van der Waals surface area contributed by atoms with Crippen molar-refractivity contribution in [2.75, 3.05) is 18.9 Å². The number of pyridine rings is 1. The lowest BCUT2D eigenvalue weighted by atomic mass is 10.1. The van der Waals surface area contributed by atoms with Crippen LogP contribution in [0.3, 0.4) is 0 Å². The minimum Gasteiger partial charge on any atom is -0.466 e. The standard InChI is InChI=1S/C12H16N2O4/c1-3-17-10(15)7-9-11(12(16)18-4-2)8(13)5-6-14-9/h5-6H,3-4,7H2,1-2H3,(H2,13,14). The van der Waals surface area contributed by atoms with E-state index in [-0.39, 0.29) is 36.6 Å². The van der Waals surface area contributed by atoms with Crippen LogP contribution in [0.15, 0.2) is 12.3 Å². The second-order valence-electron chi connectivity index (χ2n) is 3.42. The van der Waals surface area contributed by atoms with Crippen LogP contribution in [-0.2, 0) is 20.7 Å². The van der Waals surface area contributed by atoms with E-state index in [1.54, 1.807) is 13.8 Å². The molecule has 0 spiro atoms. The Labute approximate surface area is 105 Å². The molecule has 1 heterocycles.